The molecular formula is C20H24N2OS. The summed E-state index contributed by atoms with van der Waals surface area (Å²) >= 11 is 1.74. The van der Waals surface area contributed by atoms with Crippen molar-refractivity contribution in [2.75, 3.05) is 29.4 Å². The molecule has 1 aromatic carbocycles. The van der Waals surface area contributed by atoms with Crippen molar-refractivity contribution in [2.45, 2.75) is 38.5 Å². The van der Waals surface area contributed by atoms with Crippen LogP contribution in [-0.4, -0.2) is 25.5 Å². The van der Waals surface area contributed by atoms with Crippen LogP contribution >= 0.6 is 11.3 Å². The average Bonchev–Trinajstić information content (AvgIpc) is 3.32. The molecule has 1 aromatic heterocycles. The van der Waals surface area contributed by atoms with Crippen LogP contribution in [0, 0.1) is 0 Å². The van der Waals surface area contributed by atoms with E-state index in [1.165, 1.54) is 29.0 Å². The van der Waals surface area contributed by atoms with Crippen molar-refractivity contribution in [3.05, 3.63) is 46.2 Å². The first-order valence-corrected chi connectivity index (χ1v) is 9.90. The number of hydrogen-bond donors (Lipinski definition) is 0. The van der Waals surface area contributed by atoms with Crippen LogP contribution in [0.5, 0.6) is 0 Å². The third-order valence-electron chi connectivity index (χ3n) is 5.13. The Morgan fingerprint density at radius 1 is 1.08 bits per heavy atom. The minimum atomic E-state index is 0.267. The molecule has 0 bridgehead atoms. The Kier molecular flexibility index (Phi) is 4.56. The summed E-state index contributed by atoms with van der Waals surface area (Å²) in [4.78, 5) is 18.6. The van der Waals surface area contributed by atoms with Crippen molar-refractivity contribution in [1.82, 2.24) is 0 Å². The van der Waals surface area contributed by atoms with E-state index >= 15 is 0 Å². The lowest BCUT2D eigenvalue weighted by atomic mass is 10.00. The number of carbonyl (C=O) groups excluding carboxylic acids is 1. The summed E-state index contributed by atoms with van der Waals surface area (Å²) in [5.41, 5.74) is 3.76. The zero-order chi connectivity index (χ0) is 16.4. The molecular weight excluding hydrogens is 316 g/mol. The van der Waals surface area contributed by atoms with Crippen molar-refractivity contribution >= 4 is 28.6 Å². The van der Waals surface area contributed by atoms with Gasteiger partial charge in [-0.25, -0.2) is 0 Å². The first kappa shape index (κ1) is 15.7. The molecule has 0 saturated carbocycles. The molecule has 0 atom stereocenters. The third kappa shape index (κ3) is 3.20. The van der Waals surface area contributed by atoms with Crippen molar-refractivity contribution < 1.29 is 4.79 Å². The second kappa shape index (κ2) is 6.98. The average molecular weight is 340 g/mol. The van der Waals surface area contributed by atoms with E-state index in [0.29, 0.717) is 6.42 Å². The van der Waals surface area contributed by atoms with Crippen molar-refractivity contribution in [3.8, 4) is 0 Å². The van der Waals surface area contributed by atoms with E-state index in [9.17, 15) is 4.79 Å². The Hall–Kier alpha value is -1.81. The van der Waals surface area contributed by atoms with Gasteiger partial charge in [0.25, 0.3) is 0 Å². The minimum Gasteiger partial charge on any atom is -0.371 e. The van der Waals surface area contributed by atoms with E-state index in [4.69, 9.17) is 0 Å². The molecule has 1 saturated heterocycles. The molecule has 0 aliphatic carbocycles. The van der Waals surface area contributed by atoms with Crippen LogP contribution in [0.2, 0.25) is 0 Å². The number of rotatable bonds is 4. The molecule has 0 unspecified atom stereocenters. The molecule has 2 aromatic rings. The Labute approximate surface area is 147 Å². The Morgan fingerprint density at radius 3 is 2.75 bits per heavy atom. The molecule has 3 heterocycles. The second-order valence-electron chi connectivity index (χ2n) is 6.74. The number of amides is 1. The number of aryl methyl sites for hydroxylation is 2. The Morgan fingerprint density at radius 2 is 1.96 bits per heavy atom. The summed E-state index contributed by atoms with van der Waals surface area (Å²) in [6.45, 7) is 3.15. The van der Waals surface area contributed by atoms with Crippen LogP contribution in [0.1, 0.15) is 36.1 Å². The van der Waals surface area contributed by atoms with Gasteiger partial charge in [-0.2, -0.15) is 0 Å². The van der Waals surface area contributed by atoms with E-state index < -0.39 is 0 Å². The van der Waals surface area contributed by atoms with Gasteiger partial charge in [-0.1, -0.05) is 12.1 Å². The summed E-state index contributed by atoms with van der Waals surface area (Å²) in [7, 11) is 0. The topological polar surface area (TPSA) is 23.6 Å². The standard InChI is InChI=1S/C20H24N2OS/c23-20(10-9-18-6-4-14-24-18)22-13-3-5-16-7-8-17(15-19(16)22)21-11-1-2-12-21/h4,6-8,14-15H,1-3,5,9-13H2. The Balaban J connectivity index is 1.52. The lowest BCUT2D eigenvalue weighted by Crippen LogP contribution is -2.35. The smallest absolute Gasteiger partial charge is 0.227 e. The predicted molar refractivity (Wildman–Crippen MR) is 101 cm³/mol. The molecule has 2 aliphatic heterocycles. The number of thiophene rings is 1. The molecule has 126 valence electrons. The van der Waals surface area contributed by atoms with Gasteiger partial charge in [-0.05, 0) is 61.2 Å². The van der Waals surface area contributed by atoms with Crippen LogP contribution < -0.4 is 9.80 Å². The zero-order valence-electron chi connectivity index (χ0n) is 14.0. The number of nitrogens with zero attached hydrogens (tertiary/aromatic N) is 2. The van der Waals surface area contributed by atoms with E-state index in [-0.39, 0.29) is 5.91 Å². The minimum absolute atomic E-state index is 0.267. The van der Waals surface area contributed by atoms with Gasteiger partial charge < -0.3 is 9.80 Å². The first-order valence-electron chi connectivity index (χ1n) is 9.02. The fourth-order valence-electron chi connectivity index (χ4n) is 3.81. The van der Waals surface area contributed by atoms with Crippen LogP contribution in [0.4, 0.5) is 11.4 Å². The summed E-state index contributed by atoms with van der Waals surface area (Å²) in [5.74, 6) is 0.267. The maximum Gasteiger partial charge on any atom is 0.227 e. The van der Waals surface area contributed by atoms with Gasteiger partial charge in [0.2, 0.25) is 5.91 Å². The lowest BCUT2D eigenvalue weighted by molar-refractivity contribution is -0.118. The molecule has 2 aliphatic rings. The largest absolute Gasteiger partial charge is 0.371 e. The van der Waals surface area contributed by atoms with Gasteiger partial charge in [0.15, 0.2) is 0 Å². The highest BCUT2D eigenvalue weighted by molar-refractivity contribution is 7.09. The molecule has 4 rings (SSSR count). The zero-order valence-corrected chi connectivity index (χ0v) is 14.9. The summed E-state index contributed by atoms with van der Waals surface area (Å²) < 4.78 is 0. The van der Waals surface area contributed by atoms with Gasteiger partial charge in [-0.3, -0.25) is 4.79 Å². The highest BCUT2D eigenvalue weighted by Gasteiger charge is 2.24. The maximum absolute atomic E-state index is 12.8. The molecule has 1 fully saturated rings. The summed E-state index contributed by atoms with van der Waals surface area (Å²) in [6.07, 6.45) is 6.17. The summed E-state index contributed by atoms with van der Waals surface area (Å²) in [6, 6.07) is 10.9. The van der Waals surface area contributed by atoms with Crippen molar-refractivity contribution in [1.29, 1.82) is 0 Å². The lowest BCUT2D eigenvalue weighted by Gasteiger charge is -2.31. The number of fused-ring (bicyclic) bond motifs is 1. The van der Waals surface area contributed by atoms with Crippen LogP contribution in [0.25, 0.3) is 0 Å². The number of benzene rings is 1. The quantitative estimate of drug-likeness (QED) is 0.830. The number of hydrogen-bond acceptors (Lipinski definition) is 3. The van der Waals surface area contributed by atoms with E-state index in [0.717, 1.165) is 44.6 Å². The van der Waals surface area contributed by atoms with Gasteiger partial charge >= 0.3 is 0 Å². The van der Waals surface area contributed by atoms with Gasteiger partial charge in [0, 0.05) is 42.3 Å². The van der Waals surface area contributed by atoms with Crippen molar-refractivity contribution in [2.24, 2.45) is 0 Å². The normalized spacial score (nSPS) is 17.2. The predicted octanol–water partition coefficient (Wildman–Crippen LogP) is 4.26. The summed E-state index contributed by atoms with van der Waals surface area (Å²) in [5, 5.41) is 2.08. The van der Waals surface area contributed by atoms with Crippen LogP contribution in [-0.2, 0) is 17.6 Å². The van der Waals surface area contributed by atoms with Gasteiger partial charge in [0.05, 0.1) is 0 Å². The van der Waals surface area contributed by atoms with Crippen LogP contribution in [0.15, 0.2) is 35.7 Å². The molecule has 0 N–H and O–H groups in total. The maximum atomic E-state index is 12.8. The third-order valence-corrected chi connectivity index (χ3v) is 6.06. The van der Waals surface area contributed by atoms with Gasteiger partial charge in [0.1, 0.15) is 0 Å². The highest BCUT2D eigenvalue weighted by atomic mass is 32.1. The molecule has 24 heavy (non-hydrogen) atoms. The first-order chi connectivity index (χ1) is 11.8. The van der Waals surface area contributed by atoms with Crippen LogP contribution in [0.3, 0.4) is 0 Å². The van der Waals surface area contributed by atoms with E-state index in [1.807, 2.05) is 4.90 Å². The fourth-order valence-corrected chi connectivity index (χ4v) is 4.52. The Bertz CT molecular complexity index is 704. The molecule has 3 nitrogen and oxygen atoms in total. The SMILES string of the molecule is O=C(CCc1cccs1)N1CCCc2ccc(N3CCCC3)cc21. The number of carbonyl (C=O) groups is 1. The van der Waals surface area contributed by atoms with Gasteiger partial charge in [-0.15, -0.1) is 11.3 Å². The monoisotopic (exact) mass is 340 g/mol. The van der Waals surface area contributed by atoms with E-state index in [2.05, 4.69) is 40.6 Å². The van der Waals surface area contributed by atoms with E-state index in [1.54, 1.807) is 11.3 Å². The molecule has 4 heteroatoms. The molecule has 0 radical (unpaired) electrons. The highest BCUT2D eigenvalue weighted by Crippen LogP contribution is 2.33. The fraction of sp³-hybridized carbons (Fsp3) is 0.450. The number of anilines is 2. The molecule has 1 amide bonds. The second-order valence-corrected chi connectivity index (χ2v) is 7.77. The van der Waals surface area contributed by atoms with Crippen molar-refractivity contribution in [3.63, 3.8) is 0 Å². The molecule has 0 spiro atoms.